The molecule has 0 aliphatic rings. The van der Waals surface area contributed by atoms with Gasteiger partial charge in [-0.25, -0.2) is 0 Å². The van der Waals surface area contributed by atoms with Crippen LogP contribution in [0.2, 0.25) is 0 Å². The van der Waals surface area contributed by atoms with E-state index in [1.54, 1.807) is 0 Å². The smallest absolute Gasteiger partial charge is 0.543 e. The van der Waals surface area contributed by atoms with Crippen molar-refractivity contribution in [3.05, 3.63) is 23.5 Å². The molecule has 0 aliphatic heterocycles. The van der Waals surface area contributed by atoms with E-state index < -0.39 is 23.4 Å². The van der Waals surface area contributed by atoms with Crippen LogP contribution in [-0.2, 0) is 6.18 Å². The minimum atomic E-state index is -4.76. The summed E-state index contributed by atoms with van der Waals surface area (Å²) in [6.07, 6.45) is -4.00. The fraction of sp³-hybridized carbons (Fsp3) is 0.167. The molecule has 0 N–H and O–H groups in total. The Balaban J connectivity index is 0.00000169. The molecular formula is C6H2F3N2NaO2. The number of rotatable bonds is 1. The summed E-state index contributed by atoms with van der Waals surface area (Å²) in [6.45, 7) is 0. The predicted octanol–water partition coefficient (Wildman–Crippen LogP) is -3.14. The Bertz CT molecular complexity index is 342. The second-order valence-electron chi connectivity index (χ2n) is 2.08. The van der Waals surface area contributed by atoms with Crippen LogP contribution in [0, 0.1) is 0 Å². The Morgan fingerprint density at radius 2 is 2.00 bits per heavy atom. The van der Waals surface area contributed by atoms with Gasteiger partial charge in [0.2, 0.25) is 0 Å². The van der Waals surface area contributed by atoms with Gasteiger partial charge in [-0.1, -0.05) is 0 Å². The van der Waals surface area contributed by atoms with Gasteiger partial charge in [-0.3, -0.25) is 0 Å². The summed E-state index contributed by atoms with van der Waals surface area (Å²) >= 11 is 0. The van der Waals surface area contributed by atoms with E-state index in [0.29, 0.717) is 6.07 Å². The molecule has 14 heavy (non-hydrogen) atoms. The minimum Gasteiger partial charge on any atom is -0.543 e. The van der Waals surface area contributed by atoms with Crippen LogP contribution in [0.3, 0.4) is 0 Å². The number of carbonyl (C=O) groups is 1. The number of aromatic carboxylic acids is 1. The summed E-state index contributed by atoms with van der Waals surface area (Å²) in [4.78, 5) is 10.2. The normalized spacial score (nSPS) is 10.5. The Morgan fingerprint density at radius 3 is 2.36 bits per heavy atom. The van der Waals surface area contributed by atoms with Crippen LogP contribution >= 0.6 is 0 Å². The van der Waals surface area contributed by atoms with E-state index >= 15 is 0 Å². The number of nitrogens with zero attached hydrogens (tertiary/aromatic N) is 2. The molecule has 0 aromatic carbocycles. The van der Waals surface area contributed by atoms with Gasteiger partial charge in [0.1, 0.15) is 5.69 Å². The van der Waals surface area contributed by atoms with E-state index in [4.69, 9.17) is 0 Å². The first-order valence-corrected chi connectivity index (χ1v) is 3.03. The predicted molar refractivity (Wildman–Crippen MR) is 31.4 cm³/mol. The molecule has 0 saturated carbocycles. The van der Waals surface area contributed by atoms with Crippen LogP contribution in [0.15, 0.2) is 12.3 Å². The summed E-state index contributed by atoms with van der Waals surface area (Å²) in [5, 5.41) is 16.0. The standard InChI is InChI=1S/C6H3F3N2O2.Na/c7-6(8,9)3-1-2-10-11-4(3)5(12)13;/h1-2H,(H,12,13);/q;+1/p-1. The zero-order valence-electron chi connectivity index (χ0n) is 7.00. The number of aromatic nitrogens is 2. The number of carboxylic acid groups (broad SMARTS) is 1. The zero-order chi connectivity index (χ0) is 10.1. The summed E-state index contributed by atoms with van der Waals surface area (Å²) < 4.78 is 36.1. The molecule has 70 valence electrons. The number of carbonyl (C=O) groups excluding carboxylic acids is 1. The molecule has 1 rings (SSSR count). The number of carboxylic acids is 1. The van der Waals surface area contributed by atoms with Crippen molar-refractivity contribution in [2.75, 3.05) is 0 Å². The second kappa shape index (κ2) is 4.72. The largest absolute Gasteiger partial charge is 1.00 e. The molecule has 1 heterocycles. The third kappa shape index (κ3) is 2.93. The van der Waals surface area contributed by atoms with Crippen molar-refractivity contribution >= 4 is 5.97 Å². The third-order valence-corrected chi connectivity index (χ3v) is 1.22. The van der Waals surface area contributed by atoms with E-state index in [1.165, 1.54) is 0 Å². The Morgan fingerprint density at radius 1 is 1.43 bits per heavy atom. The van der Waals surface area contributed by atoms with Gasteiger partial charge in [0.05, 0.1) is 17.7 Å². The summed E-state index contributed by atoms with van der Waals surface area (Å²) in [5.41, 5.74) is -2.56. The summed E-state index contributed by atoms with van der Waals surface area (Å²) in [6, 6.07) is 0.526. The van der Waals surface area contributed by atoms with Crippen LogP contribution in [0.5, 0.6) is 0 Å². The van der Waals surface area contributed by atoms with Crippen molar-refractivity contribution in [1.82, 2.24) is 10.2 Å². The molecule has 4 nitrogen and oxygen atoms in total. The van der Waals surface area contributed by atoms with Crippen LogP contribution in [0.1, 0.15) is 16.1 Å². The molecule has 0 atom stereocenters. The van der Waals surface area contributed by atoms with Crippen molar-refractivity contribution in [2.45, 2.75) is 6.18 Å². The summed E-state index contributed by atoms with van der Waals surface area (Å²) in [5.74, 6) is -2.00. The van der Waals surface area contributed by atoms with Gasteiger partial charge in [-0.15, -0.1) is 5.10 Å². The van der Waals surface area contributed by atoms with Gasteiger partial charge in [0.25, 0.3) is 0 Å². The van der Waals surface area contributed by atoms with E-state index in [1.807, 2.05) is 0 Å². The van der Waals surface area contributed by atoms with E-state index in [0.717, 1.165) is 6.20 Å². The van der Waals surface area contributed by atoms with Crippen LogP contribution in [0.25, 0.3) is 0 Å². The molecule has 1 aromatic rings. The minimum absolute atomic E-state index is 0. The second-order valence-corrected chi connectivity index (χ2v) is 2.08. The van der Waals surface area contributed by atoms with E-state index in [-0.39, 0.29) is 29.6 Å². The molecule has 0 fully saturated rings. The number of alkyl halides is 3. The monoisotopic (exact) mass is 214 g/mol. The Hall–Kier alpha value is -0.660. The molecule has 0 aliphatic carbocycles. The molecule has 0 amide bonds. The summed E-state index contributed by atoms with van der Waals surface area (Å²) in [7, 11) is 0. The fourth-order valence-corrected chi connectivity index (χ4v) is 0.711. The first kappa shape index (κ1) is 13.3. The van der Waals surface area contributed by atoms with Crippen LogP contribution in [-0.4, -0.2) is 16.2 Å². The Labute approximate surface area is 98.4 Å². The van der Waals surface area contributed by atoms with Gasteiger partial charge in [0.15, 0.2) is 0 Å². The number of hydrogen-bond acceptors (Lipinski definition) is 4. The van der Waals surface area contributed by atoms with Crippen molar-refractivity contribution in [3.8, 4) is 0 Å². The average molecular weight is 214 g/mol. The van der Waals surface area contributed by atoms with E-state index in [9.17, 15) is 23.1 Å². The Kier molecular flexibility index (Phi) is 4.50. The van der Waals surface area contributed by atoms with Crippen LogP contribution < -0.4 is 34.7 Å². The maximum Gasteiger partial charge on any atom is 1.00 e. The van der Waals surface area contributed by atoms with Crippen LogP contribution in [0.4, 0.5) is 13.2 Å². The molecule has 0 bridgehead atoms. The van der Waals surface area contributed by atoms with Gasteiger partial charge in [-0.05, 0) is 6.07 Å². The van der Waals surface area contributed by atoms with Crippen molar-refractivity contribution < 1.29 is 52.6 Å². The number of halogens is 3. The molecule has 0 spiro atoms. The molecule has 8 heteroatoms. The van der Waals surface area contributed by atoms with Gasteiger partial charge >= 0.3 is 35.7 Å². The maximum atomic E-state index is 12.0. The molecule has 0 saturated heterocycles. The van der Waals surface area contributed by atoms with E-state index in [2.05, 4.69) is 10.2 Å². The van der Waals surface area contributed by atoms with Gasteiger partial charge < -0.3 is 9.90 Å². The first-order valence-electron chi connectivity index (χ1n) is 3.03. The number of hydrogen-bond donors (Lipinski definition) is 0. The SMILES string of the molecule is O=C([O-])c1nnccc1C(F)(F)F.[Na+]. The van der Waals surface area contributed by atoms with Gasteiger partial charge in [-0.2, -0.15) is 18.3 Å². The topological polar surface area (TPSA) is 65.9 Å². The molecular weight excluding hydrogens is 212 g/mol. The van der Waals surface area contributed by atoms with Crippen molar-refractivity contribution in [3.63, 3.8) is 0 Å². The first-order chi connectivity index (χ1) is 5.93. The third-order valence-electron chi connectivity index (χ3n) is 1.22. The molecule has 0 radical (unpaired) electrons. The van der Waals surface area contributed by atoms with Gasteiger partial charge in [0, 0.05) is 0 Å². The zero-order valence-corrected chi connectivity index (χ0v) is 9.00. The van der Waals surface area contributed by atoms with Crippen molar-refractivity contribution in [1.29, 1.82) is 0 Å². The maximum absolute atomic E-state index is 12.0. The molecule has 0 unspecified atom stereocenters. The molecule has 1 aromatic heterocycles. The fourth-order valence-electron chi connectivity index (χ4n) is 0.711. The quantitative estimate of drug-likeness (QED) is 0.463. The average Bonchev–Trinajstić information content (AvgIpc) is 2.03. The van der Waals surface area contributed by atoms with Crippen molar-refractivity contribution in [2.24, 2.45) is 0 Å².